The molecule has 9 nitrogen and oxygen atoms in total. The van der Waals surface area contributed by atoms with Crippen LogP contribution in [0, 0.1) is 17.0 Å². The van der Waals surface area contributed by atoms with Crippen molar-refractivity contribution in [3.05, 3.63) is 77.0 Å². The monoisotopic (exact) mass is 373 g/mol. The van der Waals surface area contributed by atoms with Crippen LogP contribution in [0.1, 0.15) is 5.69 Å². The number of aromatic nitrogens is 4. The number of fused-ring (bicyclic) bond motifs is 1. The Morgan fingerprint density at radius 2 is 1.71 bits per heavy atom. The maximum absolute atomic E-state index is 11.8. The van der Waals surface area contributed by atoms with Crippen molar-refractivity contribution in [1.29, 1.82) is 0 Å². The molecular formula is C19H15N7O2. The predicted octanol–water partition coefficient (Wildman–Crippen LogP) is 4.12. The molecule has 3 heterocycles. The number of para-hydroxylation sites is 1. The van der Waals surface area contributed by atoms with E-state index in [1.54, 1.807) is 30.6 Å². The van der Waals surface area contributed by atoms with Crippen LogP contribution in [0.15, 0.2) is 61.2 Å². The third kappa shape index (κ3) is 3.40. The molecule has 0 aliphatic carbocycles. The van der Waals surface area contributed by atoms with E-state index in [-0.39, 0.29) is 17.3 Å². The number of nitro groups is 1. The number of aryl methyl sites for hydroxylation is 1. The average Bonchev–Trinajstić information content (AvgIpc) is 2.69. The Bertz CT molecular complexity index is 1170. The lowest BCUT2D eigenvalue weighted by Gasteiger charge is -2.11. The van der Waals surface area contributed by atoms with Crippen molar-refractivity contribution in [3.8, 4) is 0 Å². The fraction of sp³-hybridized carbons (Fsp3) is 0.0526. The highest BCUT2D eigenvalue weighted by atomic mass is 16.6. The minimum absolute atomic E-state index is 0.0763. The Morgan fingerprint density at radius 3 is 2.46 bits per heavy atom. The van der Waals surface area contributed by atoms with Crippen LogP contribution < -0.4 is 10.6 Å². The number of nitrogens with zero attached hydrogens (tertiary/aromatic N) is 5. The van der Waals surface area contributed by atoms with E-state index < -0.39 is 4.92 Å². The molecule has 0 saturated heterocycles. The molecule has 2 N–H and O–H groups in total. The van der Waals surface area contributed by atoms with Crippen molar-refractivity contribution >= 4 is 39.6 Å². The Balaban J connectivity index is 1.77. The lowest BCUT2D eigenvalue weighted by Crippen LogP contribution is -2.06. The summed E-state index contributed by atoms with van der Waals surface area (Å²) in [7, 11) is 0. The SMILES string of the molecule is Cc1ccc2cccc(Nc3ncnc(Nc4ccncc4)c3[N+](=O)[O-])c2n1. The van der Waals surface area contributed by atoms with Gasteiger partial charge in [-0.2, -0.15) is 0 Å². The summed E-state index contributed by atoms with van der Waals surface area (Å²) in [5.41, 5.74) is 2.55. The summed E-state index contributed by atoms with van der Waals surface area (Å²) in [4.78, 5) is 27.8. The largest absolute Gasteiger partial charge is 0.353 e. The third-order valence-electron chi connectivity index (χ3n) is 4.06. The maximum Gasteiger partial charge on any atom is 0.353 e. The van der Waals surface area contributed by atoms with Crippen LogP contribution in [0.3, 0.4) is 0 Å². The molecule has 138 valence electrons. The molecule has 4 aromatic rings. The first-order valence-corrected chi connectivity index (χ1v) is 8.41. The van der Waals surface area contributed by atoms with Gasteiger partial charge in [-0.1, -0.05) is 18.2 Å². The Hall–Kier alpha value is -4.14. The lowest BCUT2D eigenvalue weighted by molar-refractivity contribution is -0.383. The minimum atomic E-state index is -0.518. The molecule has 3 aromatic heterocycles. The summed E-state index contributed by atoms with van der Waals surface area (Å²) in [6, 6.07) is 12.8. The van der Waals surface area contributed by atoms with Gasteiger partial charge < -0.3 is 10.6 Å². The fourth-order valence-electron chi connectivity index (χ4n) is 2.78. The number of nitrogens with one attached hydrogen (secondary N) is 2. The quantitative estimate of drug-likeness (QED) is 0.396. The second-order valence-corrected chi connectivity index (χ2v) is 5.99. The van der Waals surface area contributed by atoms with E-state index in [0.29, 0.717) is 16.9 Å². The minimum Gasteiger partial charge on any atom is -0.334 e. The molecule has 0 aliphatic rings. The van der Waals surface area contributed by atoms with Crippen LogP contribution in [-0.2, 0) is 0 Å². The van der Waals surface area contributed by atoms with E-state index in [4.69, 9.17) is 0 Å². The number of benzene rings is 1. The van der Waals surface area contributed by atoms with Gasteiger partial charge in [-0.25, -0.2) is 9.97 Å². The fourth-order valence-corrected chi connectivity index (χ4v) is 2.78. The second-order valence-electron chi connectivity index (χ2n) is 5.99. The van der Waals surface area contributed by atoms with Crippen molar-refractivity contribution in [2.45, 2.75) is 6.92 Å². The van der Waals surface area contributed by atoms with Gasteiger partial charge in [0, 0.05) is 29.2 Å². The van der Waals surface area contributed by atoms with Crippen molar-refractivity contribution < 1.29 is 4.92 Å². The molecule has 0 amide bonds. The zero-order valence-electron chi connectivity index (χ0n) is 14.8. The number of anilines is 4. The summed E-state index contributed by atoms with van der Waals surface area (Å²) >= 11 is 0. The highest BCUT2D eigenvalue weighted by Gasteiger charge is 2.24. The van der Waals surface area contributed by atoms with E-state index in [1.165, 1.54) is 6.33 Å². The van der Waals surface area contributed by atoms with E-state index in [1.807, 2.05) is 31.2 Å². The summed E-state index contributed by atoms with van der Waals surface area (Å²) in [5, 5.41) is 18.7. The number of hydrogen-bond donors (Lipinski definition) is 2. The van der Waals surface area contributed by atoms with Crippen molar-refractivity contribution in [1.82, 2.24) is 19.9 Å². The molecule has 1 aromatic carbocycles. The first-order valence-electron chi connectivity index (χ1n) is 8.41. The van der Waals surface area contributed by atoms with Gasteiger partial charge in [0.05, 0.1) is 16.1 Å². The normalized spacial score (nSPS) is 10.6. The van der Waals surface area contributed by atoms with Crippen molar-refractivity contribution in [2.24, 2.45) is 0 Å². The first kappa shape index (κ1) is 17.3. The molecule has 0 unspecified atom stereocenters. The van der Waals surface area contributed by atoms with Crippen LogP contribution in [0.5, 0.6) is 0 Å². The highest BCUT2D eigenvalue weighted by Crippen LogP contribution is 2.34. The van der Waals surface area contributed by atoms with Gasteiger partial charge >= 0.3 is 5.69 Å². The summed E-state index contributed by atoms with van der Waals surface area (Å²) < 4.78 is 0. The van der Waals surface area contributed by atoms with Gasteiger partial charge in [0.2, 0.25) is 11.6 Å². The topological polar surface area (TPSA) is 119 Å². The molecule has 0 atom stereocenters. The molecule has 0 radical (unpaired) electrons. The molecule has 0 bridgehead atoms. The van der Waals surface area contributed by atoms with Crippen LogP contribution >= 0.6 is 0 Å². The second kappa shape index (κ2) is 7.23. The van der Waals surface area contributed by atoms with Gasteiger partial charge in [-0.15, -0.1) is 0 Å². The molecule has 4 rings (SSSR count). The van der Waals surface area contributed by atoms with E-state index in [9.17, 15) is 10.1 Å². The highest BCUT2D eigenvalue weighted by molar-refractivity contribution is 5.93. The Labute approximate surface area is 159 Å². The van der Waals surface area contributed by atoms with Crippen LogP contribution in [-0.4, -0.2) is 24.9 Å². The van der Waals surface area contributed by atoms with Gasteiger partial charge in [0.1, 0.15) is 6.33 Å². The summed E-state index contributed by atoms with van der Waals surface area (Å²) in [6.45, 7) is 1.89. The smallest absolute Gasteiger partial charge is 0.334 e. The molecular weight excluding hydrogens is 358 g/mol. The standard InChI is InChI=1S/C19H15N7O2/c1-12-5-6-13-3-2-4-15(16(13)23-12)25-19-17(26(27)28)18(21-11-22-19)24-14-7-9-20-10-8-14/h2-11H,1H3,(H2,20,21,22,24,25). The average molecular weight is 373 g/mol. The van der Waals surface area contributed by atoms with Gasteiger partial charge in [0.15, 0.2) is 0 Å². The summed E-state index contributed by atoms with van der Waals surface area (Å²) in [6.07, 6.45) is 4.43. The summed E-state index contributed by atoms with van der Waals surface area (Å²) in [5.74, 6) is 0.158. The zero-order valence-corrected chi connectivity index (χ0v) is 14.8. The van der Waals surface area contributed by atoms with Crippen molar-refractivity contribution in [3.63, 3.8) is 0 Å². The molecule has 28 heavy (non-hydrogen) atoms. The van der Waals surface area contributed by atoms with Crippen molar-refractivity contribution in [2.75, 3.05) is 10.6 Å². The third-order valence-corrected chi connectivity index (χ3v) is 4.06. The van der Waals surface area contributed by atoms with Gasteiger partial charge in [-0.05, 0) is 31.2 Å². The molecule has 0 aliphatic heterocycles. The molecule has 9 heteroatoms. The number of pyridine rings is 2. The van der Waals surface area contributed by atoms with Gasteiger partial charge in [-0.3, -0.25) is 20.1 Å². The first-order chi connectivity index (χ1) is 13.6. The molecule has 0 fully saturated rings. The number of rotatable bonds is 5. The van der Waals surface area contributed by atoms with E-state index >= 15 is 0 Å². The Kier molecular flexibility index (Phi) is 4.47. The lowest BCUT2D eigenvalue weighted by atomic mass is 10.1. The molecule has 0 spiro atoms. The maximum atomic E-state index is 11.8. The van der Waals surface area contributed by atoms with Gasteiger partial charge in [0.25, 0.3) is 0 Å². The molecule has 0 saturated carbocycles. The van der Waals surface area contributed by atoms with Crippen LogP contribution in [0.4, 0.5) is 28.7 Å². The predicted molar refractivity (Wildman–Crippen MR) is 106 cm³/mol. The van der Waals surface area contributed by atoms with E-state index in [2.05, 4.69) is 30.6 Å². The Morgan fingerprint density at radius 1 is 0.964 bits per heavy atom. The van der Waals surface area contributed by atoms with Crippen LogP contribution in [0.2, 0.25) is 0 Å². The van der Waals surface area contributed by atoms with E-state index in [0.717, 1.165) is 11.1 Å². The zero-order chi connectivity index (χ0) is 19.5. The number of hydrogen-bond acceptors (Lipinski definition) is 8. The van der Waals surface area contributed by atoms with Crippen LogP contribution in [0.25, 0.3) is 10.9 Å².